The molecule has 0 aliphatic carbocycles. The van der Waals surface area contributed by atoms with Crippen LogP contribution in [-0.2, 0) is 22.6 Å². The zero-order valence-electron chi connectivity index (χ0n) is 24.3. The Morgan fingerprint density at radius 2 is 1.59 bits per heavy atom. The monoisotopic (exact) mass is 563 g/mol. The highest BCUT2D eigenvalue weighted by Crippen LogP contribution is 2.21. The number of carbonyl (C=O) groups excluding carboxylic acids is 1. The van der Waals surface area contributed by atoms with Gasteiger partial charge in [-0.1, -0.05) is 35.9 Å². The van der Waals surface area contributed by atoms with E-state index in [1.54, 1.807) is 15.5 Å². The van der Waals surface area contributed by atoms with E-state index in [9.17, 15) is 14.7 Å². The zero-order valence-corrected chi connectivity index (χ0v) is 24.3. The molecule has 1 aliphatic heterocycles. The molecule has 9 nitrogen and oxygen atoms in total. The topological polar surface area (TPSA) is 93.5 Å². The van der Waals surface area contributed by atoms with Crippen LogP contribution in [0.5, 0.6) is 11.5 Å². The second kappa shape index (κ2) is 14.3. The fourth-order valence-electron chi connectivity index (χ4n) is 4.95. The summed E-state index contributed by atoms with van der Waals surface area (Å²) in [5, 5.41) is 11.6. The average molecular weight is 564 g/mol. The van der Waals surface area contributed by atoms with E-state index in [1.807, 2.05) is 74.6 Å². The summed E-state index contributed by atoms with van der Waals surface area (Å²) < 4.78 is 18.6. The number of aliphatic hydroxyl groups is 1. The molecule has 41 heavy (non-hydrogen) atoms. The van der Waals surface area contributed by atoms with E-state index < -0.39 is 5.60 Å². The number of hydrogen-bond donors (Lipinski definition) is 1. The van der Waals surface area contributed by atoms with Crippen molar-refractivity contribution in [1.82, 2.24) is 14.4 Å². The largest absolute Gasteiger partial charge is 0.494 e. The quantitative estimate of drug-likeness (QED) is 0.339. The molecule has 1 unspecified atom stereocenters. The first-order valence-corrected chi connectivity index (χ1v) is 14.0. The predicted octanol–water partition coefficient (Wildman–Crippen LogP) is 3.03. The minimum absolute atomic E-state index is 0.00624. The molecule has 0 radical (unpaired) electrons. The molecule has 1 aliphatic rings. The summed E-state index contributed by atoms with van der Waals surface area (Å²) in [5.74, 6) is 1.29. The summed E-state index contributed by atoms with van der Waals surface area (Å²) in [6.07, 6.45) is 2.59. The van der Waals surface area contributed by atoms with Gasteiger partial charge in [0, 0.05) is 52.1 Å². The van der Waals surface area contributed by atoms with Crippen LogP contribution < -0.4 is 15.0 Å². The lowest BCUT2D eigenvalue weighted by atomic mass is 10.0. The van der Waals surface area contributed by atoms with Gasteiger partial charge in [0.1, 0.15) is 30.3 Å². The van der Waals surface area contributed by atoms with Gasteiger partial charge in [0.05, 0.1) is 13.2 Å². The highest BCUT2D eigenvalue weighted by molar-refractivity contribution is 5.77. The summed E-state index contributed by atoms with van der Waals surface area (Å²) in [6, 6.07) is 19.0. The van der Waals surface area contributed by atoms with Crippen LogP contribution in [0.1, 0.15) is 23.1 Å². The number of ether oxygens (including phenoxy) is 3. The third-order valence-electron chi connectivity index (χ3n) is 7.11. The number of amides is 1. The van der Waals surface area contributed by atoms with E-state index in [0.29, 0.717) is 45.1 Å². The van der Waals surface area contributed by atoms with Crippen LogP contribution in [0.15, 0.2) is 71.7 Å². The normalized spacial score (nSPS) is 17.7. The van der Waals surface area contributed by atoms with Gasteiger partial charge >= 0.3 is 0 Å². The summed E-state index contributed by atoms with van der Waals surface area (Å²) in [7, 11) is 1.49. The SMILES string of the molecule is COCC(=O)N1CCN(Cc2ccc(OCCCn3cc(C)ccc3=O)cc2)CC(O)(COc2ccc(C)cc2)C1. The van der Waals surface area contributed by atoms with Gasteiger partial charge < -0.3 is 28.8 Å². The first-order valence-electron chi connectivity index (χ1n) is 14.0. The van der Waals surface area contributed by atoms with Crippen LogP contribution in [0.3, 0.4) is 0 Å². The third kappa shape index (κ3) is 9.18. The van der Waals surface area contributed by atoms with Crippen LogP contribution in [0.25, 0.3) is 0 Å². The van der Waals surface area contributed by atoms with Crippen molar-refractivity contribution in [2.24, 2.45) is 0 Å². The van der Waals surface area contributed by atoms with E-state index in [-0.39, 0.29) is 31.2 Å². The summed E-state index contributed by atoms with van der Waals surface area (Å²) in [5.41, 5.74) is 1.99. The molecule has 1 amide bonds. The fraction of sp³-hybridized carbons (Fsp3) is 0.438. The Labute approximate surface area is 241 Å². The van der Waals surface area contributed by atoms with E-state index in [1.165, 1.54) is 7.11 Å². The molecular formula is C32H41N3O6. The molecule has 3 aromatic rings. The number of hydrogen-bond acceptors (Lipinski definition) is 7. The van der Waals surface area contributed by atoms with E-state index in [0.717, 1.165) is 28.9 Å². The minimum atomic E-state index is -1.26. The standard InChI is InChI=1S/C32H41N3O6/c1-25-5-10-29(11-6-25)41-24-32(38)22-33(16-17-35(23-32)31(37)21-39-3)20-27-8-12-28(13-9-27)40-18-4-15-34-19-26(2)7-14-30(34)36/h5-14,19,38H,4,15-18,20-24H2,1-3H3. The molecule has 0 saturated carbocycles. The van der Waals surface area contributed by atoms with Crippen molar-refractivity contribution >= 4 is 5.91 Å². The van der Waals surface area contributed by atoms with Gasteiger partial charge in [-0.2, -0.15) is 0 Å². The lowest BCUT2D eigenvalue weighted by Gasteiger charge is -2.33. The van der Waals surface area contributed by atoms with Crippen LogP contribution in [0.2, 0.25) is 0 Å². The molecular weight excluding hydrogens is 522 g/mol. The van der Waals surface area contributed by atoms with Gasteiger partial charge in [-0.05, 0) is 55.7 Å². The lowest BCUT2D eigenvalue weighted by Crippen LogP contribution is -2.52. The Kier molecular flexibility index (Phi) is 10.6. The summed E-state index contributed by atoms with van der Waals surface area (Å²) in [4.78, 5) is 28.4. The fourth-order valence-corrected chi connectivity index (χ4v) is 4.95. The van der Waals surface area contributed by atoms with E-state index >= 15 is 0 Å². The van der Waals surface area contributed by atoms with Crippen LogP contribution in [0, 0.1) is 13.8 Å². The smallest absolute Gasteiger partial charge is 0.250 e. The number of rotatable bonds is 12. The molecule has 220 valence electrons. The van der Waals surface area contributed by atoms with Gasteiger partial charge in [0.2, 0.25) is 5.91 Å². The minimum Gasteiger partial charge on any atom is -0.494 e. The molecule has 4 rings (SSSR count). The van der Waals surface area contributed by atoms with Crippen LogP contribution >= 0.6 is 0 Å². The number of nitrogens with zero attached hydrogens (tertiary/aromatic N) is 3. The number of methoxy groups -OCH3 is 1. The van der Waals surface area contributed by atoms with Gasteiger partial charge in [-0.25, -0.2) is 0 Å². The molecule has 1 atom stereocenters. The van der Waals surface area contributed by atoms with Gasteiger partial charge in [-0.15, -0.1) is 0 Å². The maximum atomic E-state index is 12.7. The first-order chi connectivity index (χ1) is 19.7. The molecule has 1 fully saturated rings. The van der Waals surface area contributed by atoms with Gasteiger partial charge in [-0.3, -0.25) is 14.5 Å². The molecule has 2 aromatic carbocycles. The van der Waals surface area contributed by atoms with Crippen LogP contribution in [0.4, 0.5) is 0 Å². The molecule has 0 spiro atoms. The van der Waals surface area contributed by atoms with Crippen LogP contribution in [-0.4, -0.2) is 84.1 Å². The van der Waals surface area contributed by atoms with E-state index in [2.05, 4.69) is 4.90 Å². The second-order valence-corrected chi connectivity index (χ2v) is 10.9. The number of β-amino-alcohol motifs (C(OH)–C–C–N with tert-alkyl or cyclic N) is 1. The van der Waals surface area contributed by atoms with E-state index in [4.69, 9.17) is 14.2 Å². The first kappa shape index (κ1) is 30.3. The Morgan fingerprint density at radius 1 is 0.902 bits per heavy atom. The van der Waals surface area contributed by atoms with Crippen molar-refractivity contribution in [1.29, 1.82) is 0 Å². The molecule has 1 aromatic heterocycles. The molecule has 1 saturated heterocycles. The lowest BCUT2D eigenvalue weighted by molar-refractivity contribution is -0.138. The highest BCUT2D eigenvalue weighted by atomic mass is 16.5. The Balaban J connectivity index is 1.34. The number of pyridine rings is 1. The molecule has 9 heteroatoms. The van der Waals surface area contributed by atoms with Crippen molar-refractivity contribution in [3.63, 3.8) is 0 Å². The number of carbonyl (C=O) groups is 1. The van der Waals surface area contributed by atoms with Gasteiger partial charge in [0.25, 0.3) is 5.56 Å². The summed E-state index contributed by atoms with van der Waals surface area (Å²) in [6.45, 7) is 7.34. The highest BCUT2D eigenvalue weighted by Gasteiger charge is 2.37. The zero-order chi connectivity index (χ0) is 29.2. The Morgan fingerprint density at radius 3 is 2.32 bits per heavy atom. The number of benzene rings is 2. The number of aromatic nitrogens is 1. The Hall–Kier alpha value is -3.66. The van der Waals surface area contributed by atoms with Crippen molar-refractivity contribution in [2.75, 3.05) is 53.1 Å². The van der Waals surface area contributed by atoms with Crippen molar-refractivity contribution in [3.8, 4) is 11.5 Å². The average Bonchev–Trinajstić information content (AvgIpc) is 3.12. The maximum absolute atomic E-state index is 12.7. The molecule has 0 bridgehead atoms. The second-order valence-electron chi connectivity index (χ2n) is 10.9. The summed E-state index contributed by atoms with van der Waals surface area (Å²) >= 11 is 0. The predicted molar refractivity (Wildman–Crippen MR) is 157 cm³/mol. The maximum Gasteiger partial charge on any atom is 0.250 e. The van der Waals surface area contributed by atoms with Crippen molar-refractivity contribution in [3.05, 3.63) is 93.9 Å². The van der Waals surface area contributed by atoms with Crippen molar-refractivity contribution in [2.45, 2.75) is 39.0 Å². The molecule has 1 N–H and O–H groups in total. The van der Waals surface area contributed by atoms with Gasteiger partial charge in [0.15, 0.2) is 0 Å². The Bertz CT molecular complexity index is 1320. The third-order valence-corrected chi connectivity index (χ3v) is 7.11. The molecule has 2 heterocycles. The number of aryl methyl sites for hydroxylation is 3. The van der Waals surface area contributed by atoms with Crippen molar-refractivity contribution < 1.29 is 24.1 Å².